The Labute approximate surface area is 102 Å². The average Bonchev–Trinajstić information content (AvgIpc) is 2.65. The minimum Gasteiger partial charge on any atom is -0.240 e. The second kappa shape index (κ2) is 4.37. The largest absolute Gasteiger partial charge is 0.240 e. The number of rotatable bonds is 2. The molecular weight excluding hydrogens is 275 g/mol. The minimum absolute atomic E-state index is 0.725. The molecule has 1 aromatic carbocycles. The summed E-state index contributed by atoms with van der Waals surface area (Å²) in [5, 5.41) is 5.79. The third-order valence-electron chi connectivity index (χ3n) is 2.15. The summed E-state index contributed by atoms with van der Waals surface area (Å²) >= 11 is 9.43. The summed E-state index contributed by atoms with van der Waals surface area (Å²) in [6, 6.07) is 5.81. The van der Waals surface area contributed by atoms with Crippen LogP contribution in [-0.2, 0) is 5.33 Å². The molecule has 2 aromatic rings. The zero-order valence-corrected chi connectivity index (χ0v) is 10.6. The maximum atomic E-state index is 5.97. The van der Waals surface area contributed by atoms with E-state index < -0.39 is 0 Å². The summed E-state index contributed by atoms with van der Waals surface area (Å²) in [5.41, 5.74) is 3.32. The standard InChI is InChI=1S/C11H10BrClN2/c1-8-6-14-15(7-8)11-4-10(13)3-2-9(11)5-12/h2-4,6-7H,5H2,1H3. The Balaban J connectivity index is 2.55. The number of hydrogen-bond acceptors (Lipinski definition) is 1. The normalized spacial score (nSPS) is 10.6. The van der Waals surface area contributed by atoms with Gasteiger partial charge in [0, 0.05) is 16.5 Å². The van der Waals surface area contributed by atoms with Gasteiger partial charge in [0.25, 0.3) is 0 Å². The molecule has 4 heteroatoms. The van der Waals surface area contributed by atoms with Gasteiger partial charge in [0.05, 0.1) is 11.9 Å². The molecule has 0 atom stereocenters. The fourth-order valence-electron chi connectivity index (χ4n) is 1.41. The van der Waals surface area contributed by atoms with Crippen LogP contribution >= 0.6 is 27.5 Å². The molecule has 0 bridgehead atoms. The van der Waals surface area contributed by atoms with Crippen molar-refractivity contribution in [1.82, 2.24) is 9.78 Å². The van der Waals surface area contributed by atoms with E-state index in [2.05, 4.69) is 21.0 Å². The van der Waals surface area contributed by atoms with Crippen molar-refractivity contribution >= 4 is 27.5 Å². The summed E-state index contributed by atoms with van der Waals surface area (Å²) in [4.78, 5) is 0. The van der Waals surface area contributed by atoms with Crippen LogP contribution in [0.4, 0.5) is 0 Å². The Morgan fingerprint density at radius 2 is 2.27 bits per heavy atom. The van der Waals surface area contributed by atoms with Gasteiger partial charge in [-0.15, -0.1) is 0 Å². The van der Waals surface area contributed by atoms with Crippen LogP contribution in [0, 0.1) is 6.92 Å². The lowest BCUT2D eigenvalue weighted by Gasteiger charge is -2.07. The van der Waals surface area contributed by atoms with Crippen LogP contribution in [-0.4, -0.2) is 9.78 Å². The maximum Gasteiger partial charge on any atom is 0.0700 e. The first-order valence-corrected chi connectivity index (χ1v) is 6.06. The molecule has 0 aliphatic carbocycles. The zero-order chi connectivity index (χ0) is 10.8. The van der Waals surface area contributed by atoms with E-state index in [1.54, 1.807) is 0 Å². The Bertz CT molecular complexity index is 479. The molecule has 0 unspecified atom stereocenters. The molecule has 0 radical (unpaired) electrons. The van der Waals surface area contributed by atoms with E-state index in [1.165, 1.54) is 5.56 Å². The van der Waals surface area contributed by atoms with Crippen molar-refractivity contribution < 1.29 is 0 Å². The van der Waals surface area contributed by atoms with Gasteiger partial charge < -0.3 is 0 Å². The van der Waals surface area contributed by atoms with Gasteiger partial charge in [0.2, 0.25) is 0 Å². The van der Waals surface area contributed by atoms with Crippen molar-refractivity contribution in [1.29, 1.82) is 0 Å². The molecule has 0 saturated carbocycles. The topological polar surface area (TPSA) is 17.8 Å². The Morgan fingerprint density at radius 3 is 2.87 bits per heavy atom. The van der Waals surface area contributed by atoms with Crippen LogP contribution in [0.2, 0.25) is 5.02 Å². The second-order valence-electron chi connectivity index (χ2n) is 3.37. The van der Waals surface area contributed by atoms with Crippen molar-refractivity contribution in [3.05, 3.63) is 46.7 Å². The summed E-state index contributed by atoms with van der Waals surface area (Å²) in [7, 11) is 0. The number of halogens is 2. The molecule has 0 aliphatic rings. The highest BCUT2D eigenvalue weighted by atomic mass is 79.9. The summed E-state index contributed by atoms with van der Waals surface area (Å²) in [6.07, 6.45) is 3.82. The maximum absolute atomic E-state index is 5.97. The number of nitrogens with zero attached hydrogens (tertiary/aromatic N) is 2. The molecule has 0 aliphatic heterocycles. The van der Waals surface area contributed by atoms with Crippen LogP contribution in [0.1, 0.15) is 11.1 Å². The van der Waals surface area contributed by atoms with E-state index in [-0.39, 0.29) is 0 Å². The predicted molar refractivity (Wildman–Crippen MR) is 65.9 cm³/mol. The smallest absolute Gasteiger partial charge is 0.0700 e. The molecule has 1 heterocycles. The Morgan fingerprint density at radius 1 is 1.47 bits per heavy atom. The van der Waals surface area contributed by atoms with Crippen molar-refractivity contribution in [3.63, 3.8) is 0 Å². The third kappa shape index (κ3) is 2.24. The van der Waals surface area contributed by atoms with Crippen molar-refractivity contribution in [2.75, 3.05) is 0 Å². The molecule has 0 N–H and O–H groups in total. The summed E-state index contributed by atoms with van der Waals surface area (Å²) in [5.74, 6) is 0. The Kier molecular flexibility index (Phi) is 3.12. The van der Waals surface area contributed by atoms with E-state index >= 15 is 0 Å². The van der Waals surface area contributed by atoms with Crippen molar-refractivity contribution in [2.45, 2.75) is 12.3 Å². The van der Waals surface area contributed by atoms with Gasteiger partial charge in [-0.1, -0.05) is 33.6 Å². The lowest BCUT2D eigenvalue weighted by Crippen LogP contribution is -1.98. The van der Waals surface area contributed by atoms with Gasteiger partial charge in [0.15, 0.2) is 0 Å². The highest BCUT2D eigenvalue weighted by molar-refractivity contribution is 9.08. The summed E-state index contributed by atoms with van der Waals surface area (Å²) in [6.45, 7) is 2.02. The molecular formula is C11H10BrClN2. The molecule has 15 heavy (non-hydrogen) atoms. The quantitative estimate of drug-likeness (QED) is 0.769. The molecule has 2 nitrogen and oxygen atoms in total. The first-order valence-electron chi connectivity index (χ1n) is 4.57. The monoisotopic (exact) mass is 284 g/mol. The van der Waals surface area contributed by atoms with Gasteiger partial charge in [-0.2, -0.15) is 5.10 Å². The van der Waals surface area contributed by atoms with E-state index in [1.807, 2.05) is 42.2 Å². The van der Waals surface area contributed by atoms with E-state index in [9.17, 15) is 0 Å². The van der Waals surface area contributed by atoms with E-state index in [4.69, 9.17) is 11.6 Å². The SMILES string of the molecule is Cc1cnn(-c2cc(Cl)ccc2CBr)c1. The van der Waals surface area contributed by atoms with Crippen LogP contribution in [0.15, 0.2) is 30.6 Å². The average molecular weight is 286 g/mol. The number of aromatic nitrogens is 2. The Hall–Kier alpha value is -0.800. The molecule has 78 valence electrons. The number of alkyl halides is 1. The van der Waals surface area contributed by atoms with Gasteiger partial charge in [0.1, 0.15) is 0 Å². The second-order valence-corrected chi connectivity index (χ2v) is 4.37. The van der Waals surface area contributed by atoms with Crippen LogP contribution in [0.25, 0.3) is 5.69 Å². The lowest BCUT2D eigenvalue weighted by molar-refractivity contribution is 0.871. The summed E-state index contributed by atoms with van der Waals surface area (Å²) < 4.78 is 1.85. The van der Waals surface area contributed by atoms with Crippen LogP contribution in [0.5, 0.6) is 0 Å². The highest BCUT2D eigenvalue weighted by Crippen LogP contribution is 2.21. The molecule has 0 amide bonds. The fraction of sp³-hybridized carbons (Fsp3) is 0.182. The van der Waals surface area contributed by atoms with Crippen molar-refractivity contribution in [3.8, 4) is 5.69 Å². The lowest BCUT2D eigenvalue weighted by atomic mass is 10.2. The van der Waals surface area contributed by atoms with Crippen LogP contribution in [0.3, 0.4) is 0 Å². The zero-order valence-electron chi connectivity index (χ0n) is 8.24. The molecule has 0 saturated heterocycles. The molecule has 1 aromatic heterocycles. The number of aryl methyl sites for hydroxylation is 1. The fourth-order valence-corrected chi connectivity index (χ4v) is 2.05. The molecule has 0 spiro atoms. The molecule has 0 fully saturated rings. The van der Waals surface area contributed by atoms with Gasteiger partial charge in [-0.3, -0.25) is 0 Å². The van der Waals surface area contributed by atoms with Gasteiger partial charge in [-0.25, -0.2) is 4.68 Å². The minimum atomic E-state index is 0.725. The van der Waals surface area contributed by atoms with Crippen molar-refractivity contribution in [2.24, 2.45) is 0 Å². The number of hydrogen-bond donors (Lipinski definition) is 0. The van der Waals surface area contributed by atoms with Gasteiger partial charge in [-0.05, 0) is 30.2 Å². The van der Waals surface area contributed by atoms with E-state index in [0.29, 0.717) is 0 Å². The van der Waals surface area contributed by atoms with Crippen LogP contribution < -0.4 is 0 Å². The van der Waals surface area contributed by atoms with E-state index in [0.717, 1.165) is 21.6 Å². The third-order valence-corrected chi connectivity index (χ3v) is 2.99. The van der Waals surface area contributed by atoms with Gasteiger partial charge >= 0.3 is 0 Å². The predicted octanol–water partition coefficient (Wildman–Crippen LogP) is 3.73. The first kappa shape index (κ1) is 10.7. The first-order chi connectivity index (χ1) is 7.20. The highest BCUT2D eigenvalue weighted by Gasteiger charge is 2.05. The molecule has 2 rings (SSSR count). The number of benzene rings is 1.